The first-order chi connectivity index (χ1) is 13.9. The molecule has 5 nitrogen and oxygen atoms in total. The van der Waals surface area contributed by atoms with E-state index in [1.54, 1.807) is 0 Å². The standard InChI is InChI=1S/C22H21ClFN3O2/c1-27(2)20(17-9-5-7-14-6-3-4-8-16(14)17)13-25-21(28)22(29)26-15-10-11-19(24)18(23)12-15/h3-12,20H,13H2,1-2H3,(H,25,28)(H,26,29)/t20-/m0/s1. The molecule has 3 rings (SSSR count). The first kappa shape index (κ1) is 20.8. The van der Waals surface area contributed by atoms with Crippen molar-refractivity contribution in [2.24, 2.45) is 0 Å². The molecule has 0 spiro atoms. The number of nitrogens with zero attached hydrogens (tertiary/aromatic N) is 1. The Morgan fingerprint density at radius 1 is 1.03 bits per heavy atom. The fourth-order valence-electron chi connectivity index (χ4n) is 3.14. The van der Waals surface area contributed by atoms with Crippen LogP contribution in [0.4, 0.5) is 10.1 Å². The first-order valence-electron chi connectivity index (χ1n) is 9.05. The number of hydrogen-bond donors (Lipinski definition) is 2. The van der Waals surface area contributed by atoms with E-state index < -0.39 is 17.6 Å². The number of benzene rings is 3. The van der Waals surface area contributed by atoms with Crippen LogP contribution in [0.1, 0.15) is 11.6 Å². The number of nitrogens with one attached hydrogen (secondary N) is 2. The summed E-state index contributed by atoms with van der Waals surface area (Å²) in [5, 5.41) is 7.15. The molecule has 0 aliphatic heterocycles. The Kier molecular flexibility index (Phi) is 6.46. The number of amides is 2. The summed E-state index contributed by atoms with van der Waals surface area (Å²) in [6.07, 6.45) is 0. The van der Waals surface area contributed by atoms with Gasteiger partial charge in [0.15, 0.2) is 0 Å². The summed E-state index contributed by atoms with van der Waals surface area (Å²) in [5.41, 5.74) is 1.30. The van der Waals surface area contributed by atoms with E-state index in [-0.39, 0.29) is 23.3 Å². The van der Waals surface area contributed by atoms with Crippen LogP contribution in [0.5, 0.6) is 0 Å². The lowest BCUT2D eigenvalue weighted by atomic mass is 9.98. The molecule has 0 saturated heterocycles. The number of fused-ring (bicyclic) bond motifs is 1. The summed E-state index contributed by atoms with van der Waals surface area (Å²) in [6, 6.07) is 17.6. The maximum absolute atomic E-state index is 13.2. The fourth-order valence-corrected chi connectivity index (χ4v) is 3.32. The van der Waals surface area contributed by atoms with Gasteiger partial charge in [0.2, 0.25) is 0 Å². The summed E-state index contributed by atoms with van der Waals surface area (Å²) in [6.45, 7) is 0.247. The number of hydrogen-bond acceptors (Lipinski definition) is 3. The molecule has 0 aliphatic carbocycles. The van der Waals surface area contributed by atoms with Gasteiger partial charge in [0.1, 0.15) is 5.82 Å². The van der Waals surface area contributed by atoms with Crippen molar-refractivity contribution in [2.75, 3.05) is 26.0 Å². The molecule has 7 heteroatoms. The van der Waals surface area contributed by atoms with E-state index in [4.69, 9.17) is 11.6 Å². The van der Waals surface area contributed by atoms with Crippen molar-refractivity contribution < 1.29 is 14.0 Å². The zero-order chi connectivity index (χ0) is 21.0. The molecule has 0 unspecified atom stereocenters. The van der Waals surface area contributed by atoms with Crippen LogP contribution in [0.3, 0.4) is 0 Å². The zero-order valence-corrected chi connectivity index (χ0v) is 16.8. The van der Waals surface area contributed by atoms with Gasteiger partial charge in [-0.3, -0.25) is 9.59 Å². The van der Waals surface area contributed by atoms with Crippen LogP contribution in [0, 0.1) is 5.82 Å². The van der Waals surface area contributed by atoms with E-state index in [9.17, 15) is 14.0 Å². The number of likely N-dealkylation sites (N-methyl/N-ethyl adjacent to an activating group) is 1. The van der Waals surface area contributed by atoms with Crippen LogP contribution in [0.2, 0.25) is 5.02 Å². The van der Waals surface area contributed by atoms with Crippen LogP contribution in [-0.4, -0.2) is 37.4 Å². The summed E-state index contributed by atoms with van der Waals surface area (Å²) in [7, 11) is 3.83. The minimum atomic E-state index is -0.844. The Hall–Kier alpha value is -2.96. The van der Waals surface area contributed by atoms with E-state index in [2.05, 4.69) is 10.6 Å². The van der Waals surface area contributed by atoms with E-state index in [0.29, 0.717) is 0 Å². The largest absolute Gasteiger partial charge is 0.346 e. The van der Waals surface area contributed by atoms with Crippen LogP contribution in [-0.2, 0) is 9.59 Å². The van der Waals surface area contributed by atoms with Crippen molar-refractivity contribution in [3.8, 4) is 0 Å². The molecule has 29 heavy (non-hydrogen) atoms. The summed E-state index contributed by atoms with van der Waals surface area (Å²) < 4.78 is 13.2. The van der Waals surface area contributed by atoms with Gasteiger partial charge in [0.25, 0.3) is 0 Å². The van der Waals surface area contributed by atoms with Crippen molar-refractivity contribution in [3.05, 3.63) is 77.1 Å². The number of carbonyl (C=O) groups is 2. The molecule has 2 amide bonds. The number of anilines is 1. The lowest BCUT2D eigenvalue weighted by Crippen LogP contribution is -2.40. The molecule has 0 saturated carbocycles. The molecule has 0 heterocycles. The molecule has 0 radical (unpaired) electrons. The van der Waals surface area contributed by atoms with Crippen molar-refractivity contribution in [1.82, 2.24) is 10.2 Å². The van der Waals surface area contributed by atoms with Crippen molar-refractivity contribution >= 4 is 39.9 Å². The monoisotopic (exact) mass is 413 g/mol. The van der Waals surface area contributed by atoms with Crippen molar-refractivity contribution in [1.29, 1.82) is 0 Å². The molecule has 2 N–H and O–H groups in total. The molecule has 3 aromatic rings. The van der Waals surface area contributed by atoms with Gasteiger partial charge in [-0.25, -0.2) is 4.39 Å². The van der Waals surface area contributed by atoms with Crippen LogP contribution in [0.25, 0.3) is 10.8 Å². The van der Waals surface area contributed by atoms with E-state index >= 15 is 0 Å². The quantitative estimate of drug-likeness (QED) is 0.622. The molecule has 1 atom stereocenters. The highest BCUT2D eigenvalue weighted by Gasteiger charge is 2.20. The van der Waals surface area contributed by atoms with Gasteiger partial charge in [-0.15, -0.1) is 0 Å². The predicted octanol–water partition coefficient (Wildman–Crippen LogP) is 3.99. The fraction of sp³-hybridized carbons (Fsp3) is 0.182. The Bertz CT molecular complexity index is 1050. The average Bonchev–Trinajstić information content (AvgIpc) is 2.70. The van der Waals surface area contributed by atoms with Crippen molar-refractivity contribution in [2.45, 2.75) is 6.04 Å². The summed E-state index contributed by atoms with van der Waals surface area (Å²) >= 11 is 5.70. The van der Waals surface area contributed by atoms with Gasteiger partial charge >= 0.3 is 11.8 Å². The van der Waals surface area contributed by atoms with Crippen LogP contribution < -0.4 is 10.6 Å². The maximum atomic E-state index is 13.2. The molecule has 0 aromatic heterocycles. The highest BCUT2D eigenvalue weighted by Crippen LogP contribution is 2.26. The second-order valence-electron chi connectivity index (χ2n) is 6.84. The number of rotatable bonds is 5. The lowest BCUT2D eigenvalue weighted by molar-refractivity contribution is -0.136. The minimum absolute atomic E-state index is 0.127. The molecule has 0 fully saturated rings. The average molecular weight is 414 g/mol. The highest BCUT2D eigenvalue weighted by molar-refractivity contribution is 6.39. The van der Waals surface area contributed by atoms with Crippen molar-refractivity contribution in [3.63, 3.8) is 0 Å². The summed E-state index contributed by atoms with van der Waals surface area (Å²) in [5.74, 6) is -2.22. The molecular weight excluding hydrogens is 393 g/mol. The Morgan fingerprint density at radius 2 is 1.76 bits per heavy atom. The maximum Gasteiger partial charge on any atom is 0.313 e. The van der Waals surface area contributed by atoms with Gasteiger partial charge in [-0.05, 0) is 48.6 Å². The normalized spacial score (nSPS) is 12.0. The topological polar surface area (TPSA) is 61.4 Å². The Morgan fingerprint density at radius 3 is 2.48 bits per heavy atom. The van der Waals surface area contributed by atoms with Gasteiger partial charge in [0.05, 0.1) is 11.1 Å². The molecular formula is C22H21ClFN3O2. The molecule has 0 aliphatic rings. The van der Waals surface area contributed by atoms with Gasteiger partial charge in [-0.1, -0.05) is 54.1 Å². The Labute approximate surface area is 173 Å². The smallest absolute Gasteiger partial charge is 0.313 e. The SMILES string of the molecule is CN(C)[C@@H](CNC(=O)C(=O)Nc1ccc(F)c(Cl)c1)c1cccc2ccccc12. The van der Waals surface area contributed by atoms with E-state index in [0.717, 1.165) is 22.4 Å². The second kappa shape index (κ2) is 9.03. The third-order valence-electron chi connectivity index (χ3n) is 4.65. The van der Waals surface area contributed by atoms with Gasteiger partial charge < -0.3 is 15.5 Å². The third kappa shape index (κ3) is 4.91. The summed E-state index contributed by atoms with van der Waals surface area (Å²) in [4.78, 5) is 26.4. The van der Waals surface area contributed by atoms with E-state index in [1.165, 1.54) is 12.1 Å². The van der Waals surface area contributed by atoms with Crippen LogP contribution >= 0.6 is 11.6 Å². The first-order valence-corrected chi connectivity index (χ1v) is 9.43. The van der Waals surface area contributed by atoms with Crippen LogP contribution in [0.15, 0.2) is 60.7 Å². The molecule has 0 bridgehead atoms. The van der Waals surface area contributed by atoms with E-state index in [1.807, 2.05) is 61.5 Å². The highest BCUT2D eigenvalue weighted by atomic mass is 35.5. The van der Waals surface area contributed by atoms with Gasteiger partial charge in [-0.2, -0.15) is 0 Å². The number of halogens is 2. The minimum Gasteiger partial charge on any atom is -0.346 e. The zero-order valence-electron chi connectivity index (χ0n) is 16.1. The van der Waals surface area contributed by atoms with Gasteiger partial charge in [0, 0.05) is 12.2 Å². The molecule has 150 valence electrons. The second-order valence-corrected chi connectivity index (χ2v) is 7.25. The lowest BCUT2D eigenvalue weighted by Gasteiger charge is -2.26. The molecule has 3 aromatic carbocycles. The number of carbonyl (C=O) groups excluding carboxylic acids is 2. The Balaban J connectivity index is 1.70. The predicted molar refractivity (Wildman–Crippen MR) is 113 cm³/mol. The third-order valence-corrected chi connectivity index (χ3v) is 4.94.